The number of aliphatic hydroxyl groups excluding tert-OH is 1. The summed E-state index contributed by atoms with van der Waals surface area (Å²) >= 11 is 0. The van der Waals surface area contributed by atoms with Crippen molar-refractivity contribution >= 4 is 5.52 Å². The summed E-state index contributed by atoms with van der Waals surface area (Å²) in [5.74, 6) is 0. The van der Waals surface area contributed by atoms with Crippen LogP contribution in [0.1, 0.15) is 34.7 Å². The maximum atomic E-state index is 9.85. The number of aromatic nitrogens is 1. The van der Waals surface area contributed by atoms with Crippen LogP contribution in [0.4, 0.5) is 0 Å². The van der Waals surface area contributed by atoms with Crippen molar-refractivity contribution in [2.24, 2.45) is 0 Å². The molecule has 30 heavy (non-hydrogen) atoms. The fourth-order valence-corrected chi connectivity index (χ4v) is 4.10. The molecule has 2 aromatic carbocycles. The lowest BCUT2D eigenvalue weighted by Gasteiger charge is -2.32. The summed E-state index contributed by atoms with van der Waals surface area (Å²) in [4.78, 5) is 2.36. The Morgan fingerprint density at radius 3 is 2.13 bits per heavy atom. The molecule has 4 nitrogen and oxygen atoms in total. The van der Waals surface area contributed by atoms with Gasteiger partial charge < -0.3 is 9.51 Å². The van der Waals surface area contributed by atoms with Gasteiger partial charge in [-0.3, -0.25) is 4.90 Å². The smallest absolute Gasteiger partial charge is 0.102 e. The van der Waals surface area contributed by atoms with E-state index in [-0.39, 0.29) is 12.6 Å². The van der Waals surface area contributed by atoms with E-state index in [1.165, 1.54) is 11.1 Å². The van der Waals surface area contributed by atoms with Crippen molar-refractivity contribution in [3.05, 3.63) is 114 Å². The van der Waals surface area contributed by atoms with E-state index >= 15 is 0 Å². The van der Waals surface area contributed by atoms with Crippen molar-refractivity contribution in [3.63, 3.8) is 0 Å². The van der Waals surface area contributed by atoms with E-state index in [9.17, 15) is 10.4 Å². The molecule has 150 valence electrons. The molecule has 0 aliphatic heterocycles. The molecule has 0 saturated carbocycles. The first-order chi connectivity index (χ1) is 14.8. The van der Waals surface area contributed by atoms with Crippen LogP contribution in [0.25, 0.3) is 5.52 Å². The molecule has 0 radical (unpaired) electrons. The standard InChI is InChI=1S/C26H25N3O/c27-18-24-23(19-28-15-8-7-14-25(24)28)20-29(16-9-17-30)26(21-10-3-1-4-11-21)22-12-5-2-6-13-22/h1-8,10-15,19,26,30H,9,16-17,20H2. The average Bonchev–Trinajstić information content (AvgIpc) is 3.16. The highest BCUT2D eigenvalue weighted by atomic mass is 16.3. The second kappa shape index (κ2) is 9.41. The van der Waals surface area contributed by atoms with Gasteiger partial charge in [0, 0.05) is 37.7 Å². The molecule has 0 amide bonds. The molecular weight excluding hydrogens is 370 g/mol. The first-order valence-electron chi connectivity index (χ1n) is 10.3. The van der Waals surface area contributed by atoms with E-state index in [2.05, 4.69) is 59.5 Å². The van der Waals surface area contributed by atoms with Gasteiger partial charge in [0.25, 0.3) is 0 Å². The van der Waals surface area contributed by atoms with Crippen molar-refractivity contribution in [1.29, 1.82) is 5.26 Å². The molecule has 2 heterocycles. The topological polar surface area (TPSA) is 51.7 Å². The van der Waals surface area contributed by atoms with E-state index in [4.69, 9.17) is 0 Å². The molecule has 0 fully saturated rings. The monoisotopic (exact) mass is 395 g/mol. The van der Waals surface area contributed by atoms with Crippen LogP contribution in [0, 0.1) is 11.3 Å². The van der Waals surface area contributed by atoms with E-state index in [1.54, 1.807) is 0 Å². The first-order valence-corrected chi connectivity index (χ1v) is 10.3. The van der Waals surface area contributed by atoms with Crippen LogP contribution in [0.15, 0.2) is 91.3 Å². The molecular formula is C26H25N3O. The van der Waals surface area contributed by atoms with Crippen molar-refractivity contribution in [2.45, 2.75) is 19.0 Å². The first kappa shape index (κ1) is 19.9. The van der Waals surface area contributed by atoms with Crippen LogP contribution < -0.4 is 0 Å². The summed E-state index contributed by atoms with van der Waals surface area (Å²) < 4.78 is 2.01. The number of aliphatic hydroxyl groups is 1. The van der Waals surface area contributed by atoms with Crippen LogP contribution in [0.3, 0.4) is 0 Å². The fourth-order valence-electron chi connectivity index (χ4n) is 4.10. The lowest BCUT2D eigenvalue weighted by molar-refractivity contribution is 0.187. The van der Waals surface area contributed by atoms with Crippen LogP contribution in [0.2, 0.25) is 0 Å². The minimum atomic E-state index is 0.0357. The summed E-state index contributed by atoms with van der Waals surface area (Å²) in [6.45, 7) is 1.48. The molecule has 0 unspecified atom stereocenters. The predicted octanol–water partition coefficient (Wildman–Crippen LogP) is 4.78. The normalized spacial score (nSPS) is 11.3. The quantitative estimate of drug-likeness (QED) is 0.467. The molecule has 0 aliphatic rings. The lowest BCUT2D eigenvalue weighted by Crippen LogP contribution is -2.31. The Hall–Kier alpha value is -3.39. The Kier molecular flexibility index (Phi) is 6.24. The van der Waals surface area contributed by atoms with Gasteiger partial charge in [0.05, 0.1) is 17.1 Å². The van der Waals surface area contributed by atoms with E-state index in [1.807, 2.05) is 47.1 Å². The lowest BCUT2D eigenvalue weighted by atomic mass is 9.96. The van der Waals surface area contributed by atoms with Gasteiger partial charge in [0.2, 0.25) is 0 Å². The second-order valence-corrected chi connectivity index (χ2v) is 7.41. The largest absolute Gasteiger partial charge is 0.396 e. The van der Waals surface area contributed by atoms with Gasteiger partial charge in [-0.2, -0.15) is 5.26 Å². The summed E-state index contributed by atoms with van der Waals surface area (Å²) in [6, 6.07) is 29.2. The fraction of sp³-hybridized carbons (Fsp3) is 0.192. The number of benzene rings is 2. The Bertz CT molecular complexity index is 1090. The van der Waals surface area contributed by atoms with Gasteiger partial charge in [-0.25, -0.2) is 0 Å². The molecule has 4 heteroatoms. The second-order valence-electron chi connectivity index (χ2n) is 7.41. The maximum absolute atomic E-state index is 9.85. The predicted molar refractivity (Wildman–Crippen MR) is 119 cm³/mol. The van der Waals surface area contributed by atoms with Crippen LogP contribution in [0.5, 0.6) is 0 Å². The number of hydrogen-bond acceptors (Lipinski definition) is 3. The minimum Gasteiger partial charge on any atom is -0.396 e. The molecule has 2 aromatic heterocycles. The molecule has 1 N–H and O–H groups in total. The Labute approximate surface area is 177 Å². The van der Waals surface area contributed by atoms with E-state index < -0.39 is 0 Å². The van der Waals surface area contributed by atoms with E-state index in [0.29, 0.717) is 18.5 Å². The Morgan fingerprint density at radius 2 is 1.53 bits per heavy atom. The van der Waals surface area contributed by atoms with Crippen molar-refractivity contribution in [2.75, 3.05) is 13.2 Å². The zero-order chi connectivity index (χ0) is 20.8. The third-order valence-electron chi connectivity index (χ3n) is 5.45. The number of fused-ring (bicyclic) bond motifs is 1. The van der Waals surface area contributed by atoms with Crippen molar-refractivity contribution < 1.29 is 5.11 Å². The molecule has 0 bridgehead atoms. The highest BCUT2D eigenvalue weighted by molar-refractivity contribution is 5.65. The average molecular weight is 396 g/mol. The van der Waals surface area contributed by atoms with Gasteiger partial charge in [-0.15, -0.1) is 0 Å². The summed E-state index contributed by atoms with van der Waals surface area (Å²) in [7, 11) is 0. The number of nitrogens with zero attached hydrogens (tertiary/aromatic N) is 3. The third-order valence-corrected chi connectivity index (χ3v) is 5.45. The summed E-state index contributed by atoms with van der Waals surface area (Å²) in [5, 5.41) is 19.4. The Morgan fingerprint density at radius 1 is 0.900 bits per heavy atom. The maximum Gasteiger partial charge on any atom is 0.102 e. The number of nitriles is 1. The van der Waals surface area contributed by atoms with Gasteiger partial charge in [0.1, 0.15) is 6.07 Å². The van der Waals surface area contributed by atoms with E-state index in [0.717, 1.165) is 17.6 Å². The summed E-state index contributed by atoms with van der Waals surface area (Å²) in [5.41, 5.74) is 5.03. The van der Waals surface area contributed by atoms with Crippen molar-refractivity contribution in [1.82, 2.24) is 9.30 Å². The number of pyridine rings is 1. The minimum absolute atomic E-state index is 0.0357. The zero-order valence-corrected chi connectivity index (χ0v) is 16.9. The SMILES string of the molecule is N#Cc1c(CN(CCCO)C(c2ccccc2)c2ccccc2)cn2ccccc12. The van der Waals surface area contributed by atoms with Gasteiger partial charge in [-0.1, -0.05) is 66.7 Å². The number of hydrogen-bond donors (Lipinski definition) is 1. The number of rotatable bonds is 8. The summed E-state index contributed by atoms with van der Waals surface area (Å²) in [6.07, 6.45) is 4.70. The molecule has 4 aromatic rings. The van der Waals surface area contributed by atoms with Crippen LogP contribution >= 0.6 is 0 Å². The molecule has 0 aliphatic carbocycles. The molecule has 0 saturated heterocycles. The zero-order valence-electron chi connectivity index (χ0n) is 16.9. The Balaban J connectivity index is 1.78. The van der Waals surface area contributed by atoms with Gasteiger partial charge >= 0.3 is 0 Å². The molecule has 0 spiro atoms. The molecule has 0 atom stereocenters. The van der Waals surface area contributed by atoms with Crippen LogP contribution in [-0.4, -0.2) is 27.6 Å². The highest BCUT2D eigenvalue weighted by Crippen LogP contribution is 2.31. The van der Waals surface area contributed by atoms with Gasteiger partial charge in [0.15, 0.2) is 0 Å². The highest BCUT2D eigenvalue weighted by Gasteiger charge is 2.24. The molecule has 4 rings (SSSR count). The van der Waals surface area contributed by atoms with Crippen LogP contribution in [-0.2, 0) is 6.54 Å². The van der Waals surface area contributed by atoms with Gasteiger partial charge in [-0.05, 0) is 29.7 Å². The van der Waals surface area contributed by atoms with Crippen molar-refractivity contribution in [3.8, 4) is 6.07 Å². The third kappa shape index (κ3) is 4.13.